The average Bonchev–Trinajstić information content (AvgIpc) is 3.69. The van der Waals surface area contributed by atoms with Gasteiger partial charge in [0.1, 0.15) is 0 Å². The smallest absolute Gasteiger partial charge is 0.238 e. The number of nitrogens with zero attached hydrogens (tertiary/aromatic N) is 6. The second kappa shape index (κ2) is 10.4. The van der Waals surface area contributed by atoms with Crippen LogP contribution in [0.2, 0.25) is 0 Å². The Labute approximate surface area is 275 Å². The molecule has 224 valence electrons. The first-order chi connectivity index (χ1) is 23.8. The summed E-state index contributed by atoms with van der Waals surface area (Å²) in [6.07, 6.45) is 2.01. The zero-order chi connectivity index (χ0) is 31.6. The Morgan fingerprint density at radius 2 is 0.896 bits per heavy atom. The minimum atomic E-state index is 0.560. The number of para-hydroxylation sites is 3. The van der Waals surface area contributed by atoms with Gasteiger partial charge in [0.15, 0.2) is 11.6 Å². The Morgan fingerprint density at radius 1 is 0.375 bits per heavy atom. The summed E-state index contributed by atoms with van der Waals surface area (Å²) in [4.78, 5) is 20.5. The van der Waals surface area contributed by atoms with Crippen molar-refractivity contribution in [1.82, 2.24) is 29.1 Å². The number of aromatic nitrogens is 6. The van der Waals surface area contributed by atoms with Crippen LogP contribution in [0.1, 0.15) is 0 Å². The monoisotopic (exact) mass is 614 g/mol. The molecule has 0 saturated heterocycles. The van der Waals surface area contributed by atoms with Crippen LogP contribution >= 0.6 is 0 Å². The molecule has 48 heavy (non-hydrogen) atoms. The van der Waals surface area contributed by atoms with Crippen molar-refractivity contribution < 1.29 is 0 Å². The van der Waals surface area contributed by atoms with E-state index in [2.05, 4.69) is 100 Å². The molecule has 10 aromatic rings. The molecule has 4 heterocycles. The highest BCUT2D eigenvalue weighted by Gasteiger charge is 2.22. The van der Waals surface area contributed by atoms with Gasteiger partial charge in [-0.3, -0.25) is 9.55 Å². The number of rotatable bonds is 4. The fourth-order valence-corrected chi connectivity index (χ4v) is 7.10. The normalized spacial score (nSPS) is 11.8. The van der Waals surface area contributed by atoms with Gasteiger partial charge in [-0.15, -0.1) is 0 Å². The maximum atomic E-state index is 5.22. The average molecular weight is 615 g/mol. The maximum Gasteiger partial charge on any atom is 0.238 e. The lowest BCUT2D eigenvalue weighted by Gasteiger charge is -2.13. The first-order valence-corrected chi connectivity index (χ1v) is 16.0. The highest BCUT2D eigenvalue weighted by molar-refractivity contribution is 6.24. The van der Waals surface area contributed by atoms with Gasteiger partial charge in [-0.1, -0.05) is 121 Å². The summed E-state index contributed by atoms with van der Waals surface area (Å²) in [6, 6.07) is 52.2. The van der Waals surface area contributed by atoms with Crippen molar-refractivity contribution in [3.63, 3.8) is 0 Å². The molecule has 0 fully saturated rings. The van der Waals surface area contributed by atoms with Crippen LogP contribution in [0.25, 0.3) is 88.9 Å². The molecule has 0 aliphatic carbocycles. The molecule has 0 amide bonds. The molecule has 0 bridgehead atoms. The fraction of sp³-hybridized carbons (Fsp3) is 0. The van der Waals surface area contributed by atoms with Crippen LogP contribution in [-0.2, 0) is 0 Å². The van der Waals surface area contributed by atoms with Crippen LogP contribution in [0.15, 0.2) is 158 Å². The SMILES string of the molecule is c1ccc(-c2nc(-c3ccccc3)nc(-n3c4ccccc4c4cnc5c(ccc6c7ccccc7n(-c7ccccc7)c65)c43)n2)cc1. The molecular weight excluding hydrogens is 589 g/mol. The molecule has 0 aliphatic rings. The van der Waals surface area contributed by atoms with Crippen molar-refractivity contribution in [2.75, 3.05) is 0 Å². The Balaban J connectivity index is 1.36. The third-order valence-electron chi connectivity index (χ3n) is 9.20. The Kier molecular flexibility index (Phi) is 5.77. The van der Waals surface area contributed by atoms with E-state index in [0.29, 0.717) is 17.6 Å². The second-order valence-electron chi connectivity index (χ2n) is 11.9. The van der Waals surface area contributed by atoms with Gasteiger partial charge < -0.3 is 4.57 Å². The van der Waals surface area contributed by atoms with Crippen LogP contribution in [0.5, 0.6) is 0 Å². The van der Waals surface area contributed by atoms with Crippen molar-refractivity contribution in [2.45, 2.75) is 0 Å². The van der Waals surface area contributed by atoms with Crippen LogP contribution in [0, 0.1) is 0 Å². The summed E-state index contributed by atoms with van der Waals surface area (Å²) in [5, 5.41) is 5.52. The van der Waals surface area contributed by atoms with Crippen molar-refractivity contribution in [1.29, 1.82) is 0 Å². The zero-order valence-corrected chi connectivity index (χ0v) is 25.7. The van der Waals surface area contributed by atoms with Crippen LogP contribution < -0.4 is 0 Å². The molecule has 0 unspecified atom stereocenters. The highest BCUT2D eigenvalue weighted by atomic mass is 15.2. The molecule has 0 saturated carbocycles. The van der Waals surface area contributed by atoms with Gasteiger partial charge in [0, 0.05) is 49.9 Å². The number of benzene rings is 6. The number of hydrogen-bond donors (Lipinski definition) is 0. The second-order valence-corrected chi connectivity index (χ2v) is 11.9. The number of fused-ring (bicyclic) bond motifs is 9. The lowest BCUT2D eigenvalue weighted by atomic mass is 10.1. The van der Waals surface area contributed by atoms with E-state index in [1.54, 1.807) is 0 Å². The summed E-state index contributed by atoms with van der Waals surface area (Å²) in [5.41, 5.74) is 8.11. The van der Waals surface area contributed by atoms with Gasteiger partial charge in [-0.05, 0) is 30.3 Å². The van der Waals surface area contributed by atoms with Crippen molar-refractivity contribution in [3.05, 3.63) is 158 Å². The Morgan fingerprint density at radius 3 is 1.54 bits per heavy atom. The summed E-state index contributed by atoms with van der Waals surface area (Å²) in [7, 11) is 0. The first-order valence-electron chi connectivity index (χ1n) is 16.0. The standard InChI is InChI=1S/C42H26N6/c1-4-14-27(15-5-1)40-44-41(28-16-6-2-7-17-28)46-42(45-40)48-36-23-13-11-21-31(36)34-26-43-37-33(38(34)48)25-24-32-30-20-10-12-22-35(30)47(39(32)37)29-18-8-3-9-19-29/h1-26H. The molecule has 4 aromatic heterocycles. The summed E-state index contributed by atoms with van der Waals surface area (Å²) in [6.45, 7) is 0. The molecule has 0 radical (unpaired) electrons. The summed E-state index contributed by atoms with van der Waals surface area (Å²) in [5.74, 6) is 1.80. The van der Waals surface area contributed by atoms with E-state index in [-0.39, 0.29) is 0 Å². The lowest BCUT2D eigenvalue weighted by Crippen LogP contribution is -2.06. The first kappa shape index (κ1) is 26.5. The van der Waals surface area contributed by atoms with E-state index < -0.39 is 0 Å². The molecule has 0 atom stereocenters. The van der Waals surface area contributed by atoms with Gasteiger partial charge in [0.2, 0.25) is 5.95 Å². The van der Waals surface area contributed by atoms with Crippen LogP contribution in [0.4, 0.5) is 0 Å². The van der Waals surface area contributed by atoms with Gasteiger partial charge in [0.25, 0.3) is 0 Å². The predicted octanol–water partition coefficient (Wildman–Crippen LogP) is 9.95. The van der Waals surface area contributed by atoms with Crippen molar-refractivity contribution in [2.24, 2.45) is 0 Å². The molecule has 10 rings (SSSR count). The van der Waals surface area contributed by atoms with E-state index in [4.69, 9.17) is 19.9 Å². The highest BCUT2D eigenvalue weighted by Crippen LogP contribution is 2.41. The Bertz CT molecular complexity index is 2760. The van der Waals surface area contributed by atoms with Crippen LogP contribution in [-0.4, -0.2) is 29.1 Å². The molecule has 0 aliphatic heterocycles. The largest absolute Gasteiger partial charge is 0.307 e. The topological polar surface area (TPSA) is 61.4 Å². The summed E-state index contributed by atoms with van der Waals surface area (Å²) < 4.78 is 4.53. The molecular formula is C42H26N6. The predicted molar refractivity (Wildman–Crippen MR) is 195 cm³/mol. The van der Waals surface area contributed by atoms with E-state index in [1.165, 1.54) is 5.39 Å². The van der Waals surface area contributed by atoms with E-state index in [1.807, 2.05) is 66.9 Å². The lowest BCUT2D eigenvalue weighted by molar-refractivity contribution is 0.955. The minimum absolute atomic E-state index is 0.560. The van der Waals surface area contributed by atoms with Gasteiger partial charge in [-0.25, -0.2) is 4.98 Å². The molecule has 6 aromatic carbocycles. The van der Waals surface area contributed by atoms with Gasteiger partial charge in [0.05, 0.1) is 27.6 Å². The Hall–Kier alpha value is -6.66. The van der Waals surface area contributed by atoms with Gasteiger partial charge >= 0.3 is 0 Å². The van der Waals surface area contributed by atoms with Crippen molar-refractivity contribution in [3.8, 4) is 34.4 Å². The third-order valence-corrected chi connectivity index (χ3v) is 9.20. The number of hydrogen-bond acceptors (Lipinski definition) is 4. The molecule has 6 nitrogen and oxygen atoms in total. The number of pyridine rings is 1. The maximum absolute atomic E-state index is 5.22. The van der Waals surface area contributed by atoms with E-state index in [9.17, 15) is 0 Å². The molecule has 0 N–H and O–H groups in total. The van der Waals surface area contributed by atoms with Crippen LogP contribution in [0.3, 0.4) is 0 Å². The van der Waals surface area contributed by atoms with E-state index in [0.717, 1.165) is 65.9 Å². The minimum Gasteiger partial charge on any atom is -0.307 e. The third kappa shape index (κ3) is 3.93. The quantitative estimate of drug-likeness (QED) is 0.198. The van der Waals surface area contributed by atoms with Crippen molar-refractivity contribution >= 4 is 54.5 Å². The molecule has 0 spiro atoms. The summed E-state index contributed by atoms with van der Waals surface area (Å²) >= 11 is 0. The molecule has 6 heteroatoms. The van der Waals surface area contributed by atoms with Gasteiger partial charge in [-0.2, -0.15) is 9.97 Å². The fourth-order valence-electron chi connectivity index (χ4n) is 7.10. The van der Waals surface area contributed by atoms with E-state index >= 15 is 0 Å². The zero-order valence-electron chi connectivity index (χ0n) is 25.7.